The van der Waals surface area contributed by atoms with Crippen LogP contribution in [0.15, 0.2) is 0 Å². The van der Waals surface area contributed by atoms with Crippen molar-refractivity contribution in [2.45, 2.75) is 35.6 Å². The summed E-state index contributed by atoms with van der Waals surface area (Å²) in [6.07, 6.45) is -5.56. The molecule has 16 heteroatoms. The average molecular weight is 409 g/mol. The first-order valence-corrected chi connectivity index (χ1v) is 6.75. The monoisotopic (exact) mass is 409 g/mol. The number of nitrogens with one attached hydrogen (secondary N) is 1. The molecular formula is C8H10F11NO3S. The Morgan fingerprint density at radius 2 is 1.04 bits per heavy atom. The van der Waals surface area contributed by atoms with Crippen molar-refractivity contribution in [3.63, 3.8) is 0 Å². The van der Waals surface area contributed by atoms with Gasteiger partial charge in [-0.15, -0.1) is 0 Å². The molecule has 0 aliphatic rings. The van der Waals surface area contributed by atoms with Gasteiger partial charge in [0.15, 0.2) is 0 Å². The molecule has 0 radical (unpaired) electrons. The Morgan fingerprint density at radius 3 is 1.25 bits per heavy atom. The third-order valence-electron chi connectivity index (χ3n) is 2.05. The summed E-state index contributed by atoms with van der Waals surface area (Å²) in [6.45, 7) is 0. The largest absolute Gasteiger partial charge is 0.384 e. The summed E-state index contributed by atoms with van der Waals surface area (Å²) in [4.78, 5) is 0. The maximum Gasteiger partial charge on any atom is 0.384 e. The second-order valence-corrected chi connectivity index (χ2v) is 5.47. The van der Waals surface area contributed by atoms with E-state index in [2.05, 4.69) is 5.32 Å². The maximum atomic E-state index is 12.7. The molecule has 1 unspecified atom stereocenters. The highest BCUT2D eigenvalue weighted by molar-refractivity contribution is 7.86. The van der Waals surface area contributed by atoms with Gasteiger partial charge in [-0.2, -0.15) is 43.5 Å². The van der Waals surface area contributed by atoms with E-state index in [4.69, 9.17) is 4.55 Å². The summed E-state index contributed by atoms with van der Waals surface area (Å²) in [5.41, 5.74) is -5.46. The quantitative estimate of drug-likeness (QED) is 0.523. The zero-order valence-corrected chi connectivity index (χ0v) is 12.3. The zero-order valence-electron chi connectivity index (χ0n) is 11.5. The van der Waals surface area contributed by atoms with Gasteiger partial charge in [0.05, 0.1) is 0 Å². The van der Waals surface area contributed by atoms with E-state index in [0.29, 0.717) is 0 Å². The fourth-order valence-corrected chi connectivity index (χ4v) is 1.41. The van der Waals surface area contributed by atoms with E-state index >= 15 is 0 Å². The van der Waals surface area contributed by atoms with Crippen molar-refractivity contribution in [3.8, 4) is 0 Å². The van der Waals surface area contributed by atoms with E-state index in [1.807, 2.05) is 14.1 Å². The first-order chi connectivity index (χ1) is 10.3. The molecule has 1 atom stereocenters. The Hall–Kier alpha value is -0.900. The third-order valence-corrected chi connectivity index (χ3v) is 2.87. The van der Waals surface area contributed by atoms with E-state index in [1.165, 1.54) is 0 Å². The maximum absolute atomic E-state index is 12.7. The lowest BCUT2D eigenvalue weighted by Crippen LogP contribution is -2.67. The zero-order chi connectivity index (χ0) is 20.4. The smallest absolute Gasteiger partial charge is 0.323 e. The lowest BCUT2D eigenvalue weighted by Gasteiger charge is -2.36. The van der Waals surface area contributed by atoms with Crippen LogP contribution in [0, 0.1) is 0 Å². The van der Waals surface area contributed by atoms with Crippen molar-refractivity contribution in [1.29, 1.82) is 0 Å². The van der Waals surface area contributed by atoms with Gasteiger partial charge in [0.25, 0.3) is 5.50 Å². The number of hydrogen-bond acceptors (Lipinski definition) is 3. The lowest BCUT2D eigenvalue weighted by atomic mass is 9.99. The fraction of sp³-hybridized carbons (Fsp3) is 1.00. The summed E-state index contributed by atoms with van der Waals surface area (Å²) in [6, 6.07) is 0. The van der Waals surface area contributed by atoms with Crippen LogP contribution in [-0.4, -0.2) is 62.7 Å². The molecule has 2 N–H and O–H groups in total. The summed E-state index contributed by atoms with van der Waals surface area (Å²) in [5, 5.41) is 2.75. The molecule has 0 rings (SSSR count). The van der Waals surface area contributed by atoms with Crippen LogP contribution in [0.4, 0.5) is 48.3 Å². The predicted octanol–water partition coefficient (Wildman–Crippen LogP) is 2.81. The van der Waals surface area contributed by atoms with Crippen LogP contribution in [0.5, 0.6) is 0 Å². The second-order valence-electron chi connectivity index (χ2n) is 4.03. The molecule has 0 fully saturated rings. The standard InChI is InChI=1S/C6H3F11O3S.C2H7N/c7-1(8)3(10,11)5(14,15)6(16,17)4(12,13)2(9)21(18,19)20;1-3-2/h1-2H,(H,18,19,20);3H,1-2H3. The van der Waals surface area contributed by atoms with Crippen molar-refractivity contribution < 1.29 is 61.3 Å². The molecular weight excluding hydrogens is 399 g/mol. The number of rotatable bonds is 6. The molecule has 0 spiro atoms. The number of alkyl halides is 11. The first-order valence-electron chi connectivity index (χ1n) is 5.25. The minimum atomic E-state index is -7.57. The van der Waals surface area contributed by atoms with Crippen molar-refractivity contribution in [1.82, 2.24) is 5.32 Å². The van der Waals surface area contributed by atoms with Crippen LogP contribution in [0.25, 0.3) is 0 Å². The second kappa shape index (κ2) is 7.55. The SMILES string of the molecule is CNC.O=S(=O)(O)C(F)C(F)(F)C(F)(F)C(F)(F)C(F)(F)C(F)F. The van der Waals surface area contributed by atoms with E-state index in [1.54, 1.807) is 0 Å². The van der Waals surface area contributed by atoms with Gasteiger partial charge in [-0.25, -0.2) is 13.2 Å². The van der Waals surface area contributed by atoms with Gasteiger partial charge in [-0.05, 0) is 14.1 Å². The van der Waals surface area contributed by atoms with Crippen LogP contribution in [0.2, 0.25) is 0 Å². The topological polar surface area (TPSA) is 66.4 Å². The van der Waals surface area contributed by atoms with Gasteiger partial charge < -0.3 is 5.32 Å². The van der Waals surface area contributed by atoms with Gasteiger partial charge in [0.2, 0.25) is 0 Å². The van der Waals surface area contributed by atoms with Gasteiger partial charge in [-0.1, -0.05) is 0 Å². The fourth-order valence-electron chi connectivity index (χ4n) is 0.885. The molecule has 0 bridgehead atoms. The van der Waals surface area contributed by atoms with Gasteiger partial charge in [-0.3, -0.25) is 4.55 Å². The van der Waals surface area contributed by atoms with E-state index in [0.717, 1.165) is 0 Å². The minimum absolute atomic E-state index is 1.88. The molecule has 4 nitrogen and oxygen atoms in total. The molecule has 0 heterocycles. The van der Waals surface area contributed by atoms with E-state index < -0.39 is 45.7 Å². The molecule has 0 amide bonds. The van der Waals surface area contributed by atoms with Crippen molar-refractivity contribution in [2.24, 2.45) is 0 Å². The molecule has 0 aliphatic carbocycles. The molecule has 0 aromatic rings. The van der Waals surface area contributed by atoms with Crippen molar-refractivity contribution >= 4 is 10.1 Å². The molecule has 0 saturated carbocycles. The average Bonchev–Trinajstić information content (AvgIpc) is 2.36. The first kappa shape index (κ1) is 25.3. The normalized spacial score (nSPS) is 15.8. The molecule has 0 aromatic carbocycles. The van der Waals surface area contributed by atoms with Crippen LogP contribution < -0.4 is 5.32 Å². The van der Waals surface area contributed by atoms with Crippen molar-refractivity contribution in [2.75, 3.05) is 14.1 Å². The Labute approximate surface area is 127 Å². The Morgan fingerprint density at radius 1 is 0.792 bits per heavy atom. The molecule has 24 heavy (non-hydrogen) atoms. The predicted molar refractivity (Wildman–Crippen MR) is 57.2 cm³/mol. The molecule has 0 aromatic heterocycles. The van der Waals surface area contributed by atoms with Crippen LogP contribution in [-0.2, 0) is 10.1 Å². The lowest BCUT2D eigenvalue weighted by molar-refractivity contribution is -0.387. The molecule has 148 valence electrons. The summed E-state index contributed by atoms with van der Waals surface area (Å²) in [7, 11) is -2.98. The number of halogens is 11. The van der Waals surface area contributed by atoms with E-state index in [9.17, 15) is 56.7 Å². The third kappa shape index (κ3) is 4.38. The highest BCUT2D eigenvalue weighted by Gasteiger charge is 2.85. The summed E-state index contributed by atoms with van der Waals surface area (Å²) >= 11 is 0. The van der Waals surface area contributed by atoms with Crippen LogP contribution in [0.3, 0.4) is 0 Å². The van der Waals surface area contributed by atoms with Gasteiger partial charge in [0, 0.05) is 0 Å². The summed E-state index contributed by atoms with van der Waals surface area (Å²) in [5.74, 6) is -29.3. The van der Waals surface area contributed by atoms with Gasteiger partial charge >= 0.3 is 40.2 Å². The summed E-state index contributed by atoms with van der Waals surface area (Å²) < 4.78 is 164. The molecule has 0 aliphatic heterocycles. The van der Waals surface area contributed by atoms with Crippen molar-refractivity contribution in [3.05, 3.63) is 0 Å². The van der Waals surface area contributed by atoms with E-state index in [-0.39, 0.29) is 0 Å². The van der Waals surface area contributed by atoms with Gasteiger partial charge in [0.1, 0.15) is 0 Å². The Kier molecular flexibility index (Phi) is 7.97. The minimum Gasteiger partial charge on any atom is -0.323 e. The van der Waals surface area contributed by atoms with Crippen LogP contribution in [0.1, 0.15) is 0 Å². The Balaban J connectivity index is 0. The highest BCUT2D eigenvalue weighted by atomic mass is 32.2. The molecule has 0 saturated heterocycles. The highest BCUT2D eigenvalue weighted by Crippen LogP contribution is 2.55. The number of hydrogen-bond donors (Lipinski definition) is 2. The van der Waals surface area contributed by atoms with Crippen LogP contribution >= 0.6 is 0 Å². The Bertz CT molecular complexity index is 507.